The number of aliphatic hydroxyl groups excluding tert-OH is 1. The lowest BCUT2D eigenvalue weighted by Gasteiger charge is -2.36. The number of nitrogens with zero attached hydrogens (tertiary/aromatic N) is 7. The van der Waals surface area contributed by atoms with Crippen LogP contribution in [0.1, 0.15) is 5.56 Å². The second kappa shape index (κ2) is 9.99. The van der Waals surface area contributed by atoms with Crippen molar-refractivity contribution in [3.8, 4) is 0 Å². The van der Waals surface area contributed by atoms with Crippen LogP contribution in [0.3, 0.4) is 0 Å². The standard InChI is InChI=1S/C25H33N7O2/c1-28-19-20(21-4-2-3-5-22(21)28)18-25(34)32-14-12-31(13-15-32)24-7-6-23(26-27-24)30-10-8-29(9-11-30)16-17-33/h2-7,19,33H,8-18H2,1H3. The van der Waals surface area contributed by atoms with Crippen LogP contribution in [0.5, 0.6) is 0 Å². The van der Waals surface area contributed by atoms with Gasteiger partial charge in [0.15, 0.2) is 11.6 Å². The van der Waals surface area contributed by atoms with Crippen molar-refractivity contribution >= 4 is 28.4 Å². The maximum absolute atomic E-state index is 13.0. The van der Waals surface area contributed by atoms with E-state index >= 15 is 0 Å². The Morgan fingerprint density at radius 2 is 1.50 bits per heavy atom. The molecule has 2 aromatic heterocycles. The van der Waals surface area contributed by atoms with Crippen LogP contribution in [0, 0.1) is 0 Å². The molecule has 2 saturated heterocycles. The van der Waals surface area contributed by atoms with Crippen LogP contribution >= 0.6 is 0 Å². The number of benzene rings is 1. The first-order valence-corrected chi connectivity index (χ1v) is 12.1. The summed E-state index contributed by atoms with van der Waals surface area (Å²) in [4.78, 5) is 21.7. The molecule has 2 aliphatic rings. The predicted molar refractivity (Wildman–Crippen MR) is 133 cm³/mol. The van der Waals surface area contributed by atoms with Gasteiger partial charge in [-0.25, -0.2) is 0 Å². The number of rotatable bonds is 6. The van der Waals surface area contributed by atoms with E-state index in [1.807, 2.05) is 36.2 Å². The van der Waals surface area contributed by atoms with Gasteiger partial charge < -0.3 is 24.4 Å². The topological polar surface area (TPSA) is 81.0 Å². The number of carbonyl (C=O) groups excluding carboxylic acids is 1. The fourth-order valence-electron chi connectivity index (χ4n) is 5.02. The zero-order valence-corrected chi connectivity index (χ0v) is 19.8. The SMILES string of the molecule is Cn1cc(CC(=O)N2CCN(c3ccc(N4CCN(CCO)CC4)nn3)CC2)c2ccccc21. The maximum Gasteiger partial charge on any atom is 0.227 e. The smallest absolute Gasteiger partial charge is 0.227 e. The summed E-state index contributed by atoms with van der Waals surface area (Å²) in [5, 5.41) is 19.2. The molecule has 4 heterocycles. The van der Waals surface area contributed by atoms with E-state index in [0.29, 0.717) is 19.5 Å². The molecule has 180 valence electrons. The van der Waals surface area contributed by atoms with Crippen LogP contribution < -0.4 is 9.80 Å². The average molecular weight is 464 g/mol. The van der Waals surface area contributed by atoms with Crippen LogP contribution in [0.25, 0.3) is 10.9 Å². The number of amides is 1. The summed E-state index contributed by atoms with van der Waals surface area (Å²) in [6.45, 7) is 7.49. The van der Waals surface area contributed by atoms with E-state index in [1.165, 1.54) is 0 Å². The summed E-state index contributed by atoms with van der Waals surface area (Å²) in [5.41, 5.74) is 2.24. The molecule has 2 fully saturated rings. The maximum atomic E-state index is 13.0. The molecule has 0 spiro atoms. The van der Waals surface area contributed by atoms with Crippen molar-refractivity contribution in [3.63, 3.8) is 0 Å². The molecule has 9 heteroatoms. The van der Waals surface area contributed by atoms with E-state index in [1.54, 1.807) is 0 Å². The van der Waals surface area contributed by atoms with Crippen LogP contribution in [0.4, 0.5) is 11.6 Å². The van der Waals surface area contributed by atoms with Crippen molar-refractivity contribution in [2.24, 2.45) is 7.05 Å². The molecule has 3 aromatic rings. The van der Waals surface area contributed by atoms with Gasteiger partial charge in [0.25, 0.3) is 0 Å². The fraction of sp³-hybridized carbons (Fsp3) is 0.480. The van der Waals surface area contributed by atoms with Gasteiger partial charge >= 0.3 is 0 Å². The lowest BCUT2D eigenvalue weighted by atomic mass is 10.1. The van der Waals surface area contributed by atoms with E-state index in [-0.39, 0.29) is 12.5 Å². The van der Waals surface area contributed by atoms with Crippen LogP contribution in [-0.2, 0) is 18.3 Å². The lowest BCUT2D eigenvalue weighted by molar-refractivity contribution is -0.130. The fourth-order valence-corrected chi connectivity index (χ4v) is 5.02. The minimum atomic E-state index is 0.178. The van der Waals surface area contributed by atoms with Crippen molar-refractivity contribution in [2.45, 2.75) is 6.42 Å². The number of aromatic nitrogens is 3. The summed E-state index contributed by atoms with van der Waals surface area (Å²) in [5.74, 6) is 1.94. The van der Waals surface area contributed by atoms with Crippen molar-refractivity contribution in [1.29, 1.82) is 0 Å². The third kappa shape index (κ3) is 4.71. The van der Waals surface area contributed by atoms with Gasteiger partial charge in [0.1, 0.15) is 0 Å². The summed E-state index contributed by atoms with van der Waals surface area (Å²) in [6, 6.07) is 12.3. The highest BCUT2D eigenvalue weighted by molar-refractivity contribution is 5.89. The molecule has 1 amide bonds. The Morgan fingerprint density at radius 3 is 2.12 bits per heavy atom. The minimum Gasteiger partial charge on any atom is -0.395 e. The molecule has 0 unspecified atom stereocenters. The van der Waals surface area contributed by atoms with Gasteiger partial charge in [-0.1, -0.05) is 18.2 Å². The van der Waals surface area contributed by atoms with Crippen LogP contribution in [0.2, 0.25) is 0 Å². The number of para-hydroxylation sites is 1. The second-order valence-corrected chi connectivity index (χ2v) is 9.13. The quantitative estimate of drug-likeness (QED) is 0.584. The van der Waals surface area contributed by atoms with Gasteiger partial charge in [-0.05, 0) is 23.8 Å². The average Bonchev–Trinajstić information content (AvgIpc) is 3.20. The number of β-amino-alcohol motifs (C(OH)–C–C–N with tert-alkyl or cyclic N) is 1. The molecular formula is C25H33N7O2. The molecule has 0 radical (unpaired) electrons. The number of carbonyl (C=O) groups is 1. The van der Waals surface area contributed by atoms with Crippen LogP contribution in [0.15, 0.2) is 42.6 Å². The number of anilines is 2. The molecule has 9 nitrogen and oxygen atoms in total. The Kier molecular flexibility index (Phi) is 6.64. The third-order valence-electron chi connectivity index (χ3n) is 7.03. The zero-order chi connectivity index (χ0) is 23.5. The molecule has 1 aromatic carbocycles. The normalized spacial score (nSPS) is 17.5. The lowest BCUT2D eigenvalue weighted by Crippen LogP contribution is -2.49. The van der Waals surface area contributed by atoms with Crippen molar-refractivity contribution < 1.29 is 9.90 Å². The number of hydrogen-bond donors (Lipinski definition) is 1. The molecule has 0 aliphatic carbocycles. The Bertz CT molecular complexity index is 1110. The Morgan fingerprint density at radius 1 is 0.882 bits per heavy atom. The van der Waals surface area contributed by atoms with Gasteiger partial charge in [-0.3, -0.25) is 9.69 Å². The van der Waals surface area contributed by atoms with Gasteiger partial charge in [-0.2, -0.15) is 0 Å². The van der Waals surface area contributed by atoms with E-state index in [0.717, 1.165) is 73.9 Å². The van der Waals surface area contributed by atoms with E-state index < -0.39 is 0 Å². The molecule has 2 aliphatic heterocycles. The third-order valence-corrected chi connectivity index (χ3v) is 7.03. The Labute approximate surface area is 200 Å². The molecule has 5 rings (SSSR count). The van der Waals surface area contributed by atoms with E-state index in [2.05, 4.69) is 47.8 Å². The molecule has 0 saturated carbocycles. The highest BCUT2D eigenvalue weighted by Gasteiger charge is 2.24. The molecule has 34 heavy (non-hydrogen) atoms. The molecule has 1 N–H and O–H groups in total. The number of piperazine rings is 2. The largest absolute Gasteiger partial charge is 0.395 e. The van der Waals surface area contributed by atoms with E-state index in [9.17, 15) is 4.79 Å². The van der Waals surface area contributed by atoms with Crippen molar-refractivity contribution in [1.82, 2.24) is 24.6 Å². The first-order chi connectivity index (χ1) is 16.6. The summed E-state index contributed by atoms with van der Waals surface area (Å²) < 4.78 is 2.09. The van der Waals surface area contributed by atoms with E-state index in [4.69, 9.17) is 5.11 Å². The van der Waals surface area contributed by atoms with Gasteiger partial charge in [0, 0.05) is 83.1 Å². The van der Waals surface area contributed by atoms with Gasteiger partial charge in [0.05, 0.1) is 13.0 Å². The monoisotopic (exact) mass is 463 g/mol. The Hall–Kier alpha value is -3.17. The first-order valence-electron chi connectivity index (χ1n) is 12.1. The number of aryl methyl sites for hydroxylation is 1. The highest BCUT2D eigenvalue weighted by atomic mass is 16.3. The number of aliphatic hydroxyl groups is 1. The van der Waals surface area contributed by atoms with Gasteiger partial charge in [-0.15, -0.1) is 10.2 Å². The van der Waals surface area contributed by atoms with Crippen molar-refractivity contribution in [3.05, 3.63) is 48.2 Å². The molecule has 0 atom stereocenters. The zero-order valence-electron chi connectivity index (χ0n) is 19.8. The minimum absolute atomic E-state index is 0.178. The Balaban J connectivity index is 1.14. The second-order valence-electron chi connectivity index (χ2n) is 9.13. The molecular weight excluding hydrogens is 430 g/mol. The molecule has 0 bridgehead atoms. The summed E-state index contributed by atoms with van der Waals surface area (Å²) in [6.07, 6.45) is 2.50. The summed E-state index contributed by atoms with van der Waals surface area (Å²) in [7, 11) is 2.03. The van der Waals surface area contributed by atoms with Gasteiger partial charge in [0.2, 0.25) is 5.91 Å². The predicted octanol–water partition coefficient (Wildman–Crippen LogP) is 0.974. The number of hydrogen-bond acceptors (Lipinski definition) is 7. The summed E-state index contributed by atoms with van der Waals surface area (Å²) >= 11 is 0. The van der Waals surface area contributed by atoms with Crippen LogP contribution in [-0.4, -0.2) is 101 Å². The highest BCUT2D eigenvalue weighted by Crippen LogP contribution is 2.22. The van der Waals surface area contributed by atoms with Crippen molar-refractivity contribution in [2.75, 3.05) is 75.3 Å². The first kappa shape index (κ1) is 22.6. The number of fused-ring (bicyclic) bond motifs is 1.